The van der Waals surface area contributed by atoms with Gasteiger partial charge in [0.1, 0.15) is 0 Å². The Labute approximate surface area is 204 Å². The van der Waals surface area contributed by atoms with Crippen LogP contribution < -0.4 is 0 Å². The zero-order chi connectivity index (χ0) is 23.7. The highest BCUT2D eigenvalue weighted by molar-refractivity contribution is 5.69. The summed E-state index contributed by atoms with van der Waals surface area (Å²) in [5.41, 5.74) is 6.77. The fourth-order valence-electron chi connectivity index (χ4n) is 7.10. The van der Waals surface area contributed by atoms with E-state index in [1.54, 1.807) is 0 Å². The zero-order valence-electron chi connectivity index (χ0n) is 20.9. The Hall–Kier alpha value is -2.33. The van der Waals surface area contributed by atoms with Crippen molar-refractivity contribution in [3.05, 3.63) is 59.2 Å². The molecule has 2 bridgehead atoms. The van der Waals surface area contributed by atoms with E-state index in [0.29, 0.717) is 5.92 Å². The maximum Gasteiger partial charge on any atom is 0.408 e. The van der Waals surface area contributed by atoms with E-state index in [9.17, 15) is 9.90 Å². The lowest BCUT2D eigenvalue weighted by molar-refractivity contribution is -0.0243. The molecule has 1 spiro atoms. The highest BCUT2D eigenvalue weighted by atomic mass is 16.4. The number of hydrogen-bond donors (Lipinski definition) is 1. The number of rotatable bonds is 3. The van der Waals surface area contributed by atoms with Crippen LogP contribution in [0, 0.1) is 11.3 Å². The minimum Gasteiger partial charge on any atom is -0.465 e. The summed E-state index contributed by atoms with van der Waals surface area (Å²) in [4.78, 5) is 17.2. The molecule has 5 aliphatic rings. The molecule has 0 radical (unpaired) electrons. The van der Waals surface area contributed by atoms with E-state index in [-0.39, 0.29) is 22.9 Å². The van der Waals surface area contributed by atoms with E-state index >= 15 is 0 Å². The van der Waals surface area contributed by atoms with E-state index < -0.39 is 6.09 Å². The van der Waals surface area contributed by atoms with Crippen LogP contribution in [-0.4, -0.2) is 46.7 Å². The summed E-state index contributed by atoms with van der Waals surface area (Å²) in [6.07, 6.45) is 6.07. The van der Waals surface area contributed by atoms with Gasteiger partial charge in [0.05, 0.1) is 12.1 Å². The highest BCUT2D eigenvalue weighted by Gasteiger charge is 2.57. The van der Waals surface area contributed by atoms with Crippen molar-refractivity contribution in [2.45, 2.75) is 76.8 Å². The average molecular weight is 459 g/mol. The molecule has 1 unspecified atom stereocenters. The Bertz CT molecular complexity index is 1090. The average Bonchev–Trinajstić information content (AvgIpc) is 3.61. The standard InChI is InChI=1S/C30H38N2O2/c1-29(2,3)24-7-4-20(5-8-24)22-6-9-25-23(18-22)10-13-30(14-15-30)27(25)32(28(33)34)26-19-31-16-11-21(26)12-17-31/h4-9,18,21,26-27H,10-17,19H2,1-3H3,(H,33,34)/t26-,27?/m1/s1. The van der Waals surface area contributed by atoms with Crippen LogP contribution >= 0.6 is 0 Å². The first-order valence-electron chi connectivity index (χ1n) is 13.2. The molecule has 0 aromatic heterocycles. The summed E-state index contributed by atoms with van der Waals surface area (Å²) in [7, 11) is 0. The van der Waals surface area contributed by atoms with Crippen LogP contribution in [0.4, 0.5) is 4.79 Å². The van der Waals surface area contributed by atoms with Gasteiger partial charge in [-0.05, 0) is 96.2 Å². The number of amides is 1. The number of nitrogens with zero attached hydrogens (tertiary/aromatic N) is 2. The summed E-state index contributed by atoms with van der Waals surface area (Å²) >= 11 is 0. The predicted octanol–water partition coefficient (Wildman–Crippen LogP) is 6.49. The molecular formula is C30H38N2O2. The van der Waals surface area contributed by atoms with Crippen LogP contribution in [0.15, 0.2) is 42.5 Å². The lowest BCUT2D eigenvalue weighted by atomic mass is 9.73. The summed E-state index contributed by atoms with van der Waals surface area (Å²) in [5.74, 6) is 0.517. The van der Waals surface area contributed by atoms with Gasteiger partial charge in [0.25, 0.3) is 0 Å². The summed E-state index contributed by atoms with van der Waals surface area (Å²) < 4.78 is 0. The van der Waals surface area contributed by atoms with E-state index in [2.05, 4.69) is 68.1 Å². The van der Waals surface area contributed by atoms with Crippen LogP contribution in [0.25, 0.3) is 11.1 Å². The lowest BCUT2D eigenvalue weighted by Gasteiger charge is -2.52. The second kappa shape index (κ2) is 7.84. The van der Waals surface area contributed by atoms with Gasteiger partial charge >= 0.3 is 6.09 Å². The molecule has 2 aromatic rings. The molecule has 2 aliphatic carbocycles. The Morgan fingerprint density at radius 2 is 1.68 bits per heavy atom. The van der Waals surface area contributed by atoms with Crippen molar-refractivity contribution in [3.8, 4) is 11.1 Å². The van der Waals surface area contributed by atoms with Gasteiger partial charge in [-0.1, -0.05) is 63.2 Å². The smallest absolute Gasteiger partial charge is 0.408 e. The SMILES string of the molecule is CC(C)(C)c1ccc(-c2ccc3c(c2)CCC2(CC2)C3N(C(=O)O)[C@@H]2CN3CCC2CC3)cc1. The monoisotopic (exact) mass is 458 g/mol. The molecule has 7 rings (SSSR count). The van der Waals surface area contributed by atoms with Gasteiger partial charge in [-0.2, -0.15) is 0 Å². The second-order valence-electron chi connectivity index (χ2n) is 12.4. The molecule has 1 saturated carbocycles. The van der Waals surface area contributed by atoms with E-state index in [1.165, 1.54) is 27.8 Å². The molecule has 3 aliphatic heterocycles. The van der Waals surface area contributed by atoms with E-state index in [0.717, 1.165) is 58.2 Å². The Morgan fingerprint density at radius 1 is 1.00 bits per heavy atom. The van der Waals surface area contributed by atoms with E-state index in [1.807, 2.05) is 4.90 Å². The quantitative estimate of drug-likeness (QED) is 0.571. The molecule has 2 atom stereocenters. The minimum absolute atomic E-state index is 0.0108. The van der Waals surface area contributed by atoms with Gasteiger partial charge in [0.2, 0.25) is 0 Å². The number of aryl methyl sites for hydroxylation is 1. The normalized spacial score (nSPS) is 29.0. The third-order valence-corrected chi connectivity index (χ3v) is 9.36. The van der Waals surface area contributed by atoms with Crippen LogP contribution in [0.5, 0.6) is 0 Å². The molecule has 4 fully saturated rings. The summed E-state index contributed by atoms with van der Waals surface area (Å²) in [5, 5.41) is 10.5. The summed E-state index contributed by atoms with van der Waals surface area (Å²) in [6, 6.07) is 16.0. The van der Waals surface area contributed by atoms with E-state index in [4.69, 9.17) is 0 Å². The number of hydrogen-bond acceptors (Lipinski definition) is 2. The first-order chi connectivity index (χ1) is 16.2. The molecule has 4 nitrogen and oxygen atoms in total. The highest BCUT2D eigenvalue weighted by Crippen LogP contribution is 2.63. The van der Waals surface area contributed by atoms with Gasteiger partial charge in [-0.3, -0.25) is 4.90 Å². The molecule has 34 heavy (non-hydrogen) atoms. The third kappa shape index (κ3) is 3.66. The molecule has 1 N–H and O–H groups in total. The zero-order valence-corrected chi connectivity index (χ0v) is 20.9. The molecule has 180 valence electrons. The molecule has 4 heteroatoms. The fraction of sp³-hybridized carbons (Fsp3) is 0.567. The van der Waals surface area contributed by atoms with Crippen molar-refractivity contribution in [3.63, 3.8) is 0 Å². The molecule has 3 saturated heterocycles. The molecule has 2 aromatic carbocycles. The van der Waals surface area contributed by atoms with Crippen LogP contribution in [0.1, 0.15) is 75.6 Å². The number of benzene rings is 2. The van der Waals surface area contributed by atoms with Crippen molar-refractivity contribution in [2.75, 3.05) is 19.6 Å². The van der Waals surface area contributed by atoms with Crippen molar-refractivity contribution in [1.82, 2.24) is 9.80 Å². The van der Waals surface area contributed by atoms with Crippen molar-refractivity contribution in [1.29, 1.82) is 0 Å². The number of fused-ring (bicyclic) bond motifs is 4. The maximum absolute atomic E-state index is 12.8. The van der Waals surface area contributed by atoms with Crippen molar-refractivity contribution in [2.24, 2.45) is 11.3 Å². The Morgan fingerprint density at radius 3 is 2.24 bits per heavy atom. The van der Waals surface area contributed by atoms with Gasteiger partial charge in [-0.25, -0.2) is 4.79 Å². The number of carboxylic acid groups (broad SMARTS) is 1. The molecule has 1 amide bonds. The largest absolute Gasteiger partial charge is 0.465 e. The topological polar surface area (TPSA) is 43.8 Å². The second-order valence-corrected chi connectivity index (χ2v) is 12.4. The fourth-order valence-corrected chi connectivity index (χ4v) is 7.10. The van der Waals surface area contributed by atoms with Crippen LogP contribution in [0.3, 0.4) is 0 Å². The lowest BCUT2D eigenvalue weighted by Crippen LogP contribution is -2.60. The van der Waals surface area contributed by atoms with Gasteiger partial charge < -0.3 is 10.0 Å². The van der Waals surface area contributed by atoms with Crippen molar-refractivity contribution >= 4 is 6.09 Å². The molecule has 3 heterocycles. The number of carbonyl (C=O) groups is 1. The first kappa shape index (κ1) is 22.2. The molecular weight excluding hydrogens is 420 g/mol. The van der Waals surface area contributed by atoms with Gasteiger partial charge in [-0.15, -0.1) is 0 Å². The Kier molecular flexibility index (Phi) is 5.11. The number of piperidine rings is 3. The third-order valence-electron chi connectivity index (χ3n) is 9.36. The minimum atomic E-state index is -0.718. The van der Waals surface area contributed by atoms with Crippen LogP contribution in [0.2, 0.25) is 0 Å². The maximum atomic E-state index is 12.8. The van der Waals surface area contributed by atoms with Gasteiger partial charge in [0, 0.05) is 6.54 Å². The first-order valence-corrected chi connectivity index (χ1v) is 13.2. The predicted molar refractivity (Wildman–Crippen MR) is 136 cm³/mol. The summed E-state index contributed by atoms with van der Waals surface area (Å²) in [6.45, 7) is 9.93. The van der Waals surface area contributed by atoms with Crippen molar-refractivity contribution < 1.29 is 9.90 Å². The van der Waals surface area contributed by atoms with Crippen LogP contribution in [-0.2, 0) is 11.8 Å². The van der Waals surface area contributed by atoms with Gasteiger partial charge in [0.15, 0.2) is 0 Å². The Balaban J connectivity index is 1.36.